The number of benzene rings is 1. The Labute approximate surface area is 272 Å². The van der Waals surface area contributed by atoms with Crippen molar-refractivity contribution in [3.05, 3.63) is 47.3 Å². The molecule has 0 aromatic heterocycles. The molecule has 45 heavy (non-hydrogen) atoms. The first-order valence-electron chi connectivity index (χ1n) is 17.4. The van der Waals surface area contributed by atoms with Crippen LogP contribution >= 0.6 is 0 Å². The molecule has 0 radical (unpaired) electrons. The number of ether oxygens (including phenoxy) is 3. The Hall–Kier alpha value is -2.45. The van der Waals surface area contributed by atoms with E-state index in [2.05, 4.69) is 79.7 Å². The van der Waals surface area contributed by atoms with Crippen LogP contribution in [0.15, 0.2) is 41.7 Å². The smallest absolute Gasteiger partial charge is 0.414 e. The van der Waals surface area contributed by atoms with Crippen LogP contribution in [0.3, 0.4) is 0 Å². The van der Waals surface area contributed by atoms with E-state index in [1.807, 2.05) is 19.9 Å². The van der Waals surface area contributed by atoms with Crippen molar-refractivity contribution in [2.75, 3.05) is 0 Å². The van der Waals surface area contributed by atoms with Crippen molar-refractivity contribution < 1.29 is 28.6 Å². The van der Waals surface area contributed by atoms with Gasteiger partial charge in [-0.05, 0) is 52.1 Å². The molecule has 7 nitrogen and oxygen atoms in total. The second kappa shape index (κ2) is 13.7. The first-order chi connectivity index (χ1) is 21.2. The van der Waals surface area contributed by atoms with Gasteiger partial charge >= 0.3 is 12.1 Å². The van der Waals surface area contributed by atoms with E-state index in [0.717, 1.165) is 30.9 Å². The summed E-state index contributed by atoms with van der Waals surface area (Å²) < 4.78 is 18.6. The number of Topliss-reactive ketones (excluding diaryl/α,β-unsaturated/α-hetero) is 1. The average molecular weight is 640 g/mol. The maximum absolute atomic E-state index is 14.5. The topological polar surface area (TPSA) is 82.1 Å². The maximum atomic E-state index is 14.5. The molecule has 250 valence electrons. The Kier molecular flexibility index (Phi) is 10.8. The molecule has 1 amide bonds. The monoisotopic (exact) mass is 639 g/mol. The highest BCUT2D eigenvalue weighted by atomic mass is 28.3. The highest BCUT2D eigenvalue weighted by Crippen LogP contribution is 2.49. The third-order valence-corrected chi connectivity index (χ3v) is 18.6. The predicted molar refractivity (Wildman–Crippen MR) is 180 cm³/mol. The highest BCUT2D eigenvalue weighted by Gasteiger charge is 2.56. The standard InChI is InChI=1S/C37H57NO6Si/c1-11-37(12-2)43-33(34(40)44-37)29-22-30(39)32(45(24(3)4,25(5)6)26(7)8)23-38(29)35(41)42-31-21-17-16-20-28(31)36(9,10)27-18-14-13-15-19-27/h13-15,18-19,23-26,28-29,31,33H,11-12,16-17,20-22H2,1-10H3/t28-,29+,31-,33+/m0/s1. The molecule has 2 aliphatic heterocycles. The molecule has 8 heteroatoms. The molecular weight excluding hydrogens is 582 g/mol. The minimum absolute atomic E-state index is 0.00865. The van der Waals surface area contributed by atoms with Gasteiger partial charge in [0.15, 0.2) is 11.9 Å². The molecule has 2 heterocycles. The van der Waals surface area contributed by atoms with E-state index in [-0.39, 0.29) is 46.3 Å². The third-order valence-electron chi connectivity index (χ3n) is 11.6. The lowest BCUT2D eigenvalue weighted by Crippen LogP contribution is -2.57. The number of ketones is 1. The first kappa shape index (κ1) is 35.4. The van der Waals surface area contributed by atoms with E-state index in [1.54, 1.807) is 11.1 Å². The molecule has 1 aromatic carbocycles. The van der Waals surface area contributed by atoms with Gasteiger partial charge in [-0.25, -0.2) is 9.59 Å². The summed E-state index contributed by atoms with van der Waals surface area (Å²) in [5.74, 6) is -1.44. The zero-order chi connectivity index (χ0) is 33.3. The molecule has 1 saturated heterocycles. The van der Waals surface area contributed by atoms with E-state index < -0.39 is 38.1 Å². The second-order valence-corrected chi connectivity index (χ2v) is 20.9. The van der Waals surface area contributed by atoms with Gasteiger partial charge in [0.25, 0.3) is 0 Å². The summed E-state index contributed by atoms with van der Waals surface area (Å²) in [6.45, 7) is 21.6. The summed E-state index contributed by atoms with van der Waals surface area (Å²) in [4.78, 5) is 43.6. The molecule has 1 aromatic rings. The quantitative estimate of drug-likeness (QED) is 0.188. The molecule has 0 bridgehead atoms. The van der Waals surface area contributed by atoms with Crippen LogP contribution < -0.4 is 0 Å². The van der Waals surface area contributed by atoms with Crippen molar-refractivity contribution in [3.63, 3.8) is 0 Å². The van der Waals surface area contributed by atoms with E-state index in [1.165, 1.54) is 5.56 Å². The van der Waals surface area contributed by atoms with E-state index in [0.29, 0.717) is 12.8 Å². The van der Waals surface area contributed by atoms with Crippen LogP contribution in [0.1, 0.15) is 120 Å². The summed E-state index contributed by atoms with van der Waals surface area (Å²) >= 11 is 0. The van der Waals surface area contributed by atoms with Crippen molar-refractivity contribution in [2.24, 2.45) is 5.92 Å². The number of cyclic esters (lactones) is 1. The fourth-order valence-electron chi connectivity index (χ4n) is 9.11. The molecule has 0 spiro atoms. The lowest BCUT2D eigenvalue weighted by atomic mass is 9.66. The molecule has 0 unspecified atom stereocenters. The summed E-state index contributed by atoms with van der Waals surface area (Å²) in [5, 5.41) is 0.768. The Morgan fingerprint density at radius 2 is 1.56 bits per heavy atom. The highest BCUT2D eigenvalue weighted by molar-refractivity contribution is 6.93. The van der Waals surface area contributed by atoms with Gasteiger partial charge in [-0.1, -0.05) is 106 Å². The number of hydrogen-bond acceptors (Lipinski definition) is 6. The second-order valence-electron chi connectivity index (χ2n) is 15.0. The number of carbonyl (C=O) groups excluding carboxylic acids is 3. The average Bonchev–Trinajstić information content (AvgIpc) is 3.34. The molecule has 1 aliphatic carbocycles. The van der Waals surface area contributed by atoms with Crippen LogP contribution in [-0.4, -0.2) is 54.9 Å². The van der Waals surface area contributed by atoms with Crippen molar-refractivity contribution >= 4 is 25.9 Å². The zero-order valence-corrected chi connectivity index (χ0v) is 30.4. The Morgan fingerprint density at radius 1 is 0.978 bits per heavy atom. The van der Waals surface area contributed by atoms with Crippen molar-refractivity contribution in [1.29, 1.82) is 0 Å². The van der Waals surface area contributed by atoms with Gasteiger partial charge in [0.05, 0.1) is 6.04 Å². The Bertz CT molecular complexity index is 1230. The number of amides is 1. The van der Waals surface area contributed by atoms with Crippen LogP contribution in [0.5, 0.6) is 0 Å². The van der Waals surface area contributed by atoms with Crippen LogP contribution in [0.25, 0.3) is 0 Å². The van der Waals surface area contributed by atoms with Crippen LogP contribution in [-0.2, 0) is 29.2 Å². The van der Waals surface area contributed by atoms with Gasteiger partial charge in [-0.3, -0.25) is 9.69 Å². The summed E-state index contributed by atoms with van der Waals surface area (Å²) in [6, 6.07) is 9.62. The largest absolute Gasteiger partial charge is 0.446 e. The maximum Gasteiger partial charge on any atom is 0.414 e. The zero-order valence-electron chi connectivity index (χ0n) is 29.4. The molecule has 2 fully saturated rings. The molecule has 4 atom stereocenters. The lowest BCUT2D eigenvalue weighted by Gasteiger charge is -2.48. The number of carbonyl (C=O) groups is 3. The van der Waals surface area contributed by atoms with Gasteiger partial charge in [-0.2, -0.15) is 0 Å². The van der Waals surface area contributed by atoms with E-state index in [4.69, 9.17) is 14.2 Å². The third kappa shape index (κ3) is 6.43. The number of hydrogen-bond donors (Lipinski definition) is 0. The summed E-state index contributed by atoms with van der Waals surface area (Å²) in [5.41, 5.74) is 1.84. The van der Waals surface area contributed by atoms with Gasteiger partial charge in [0.2, 0.25) is 5.79 Å². The number of allylic oxidation sites excluding steroid dienone is 1. The van der Waals surface area contributed by atoms with Crippen molar-refractivity contribution in [1.82, 2.24) is 4.90 Å². The molecule has 1 saturated carbocycles. The van der Waals surface area contributed by atoms with Crippen LogP contribution in [0.4, 0.5) is 4.79 Å². The lowest BCUT2D eigenvalue weighted by molar-refractivity contribution is -0.183. The van der Waals surface area contributed by atoms with Gasteiger partial charge in [0.1, 0.15) is 14.2 Å². The SMILES string of the molecule is CCC1(CC)OC(=O)[C@@H]([C@H]2CC(=O)C([Si](C(C)C)(C(C)C)C(C)C)=CN2C(=O)O[C@H]2CCCC[C@@H]2C(C)(C)c2ccccc2)O1. The van der Waals surface area contributed by atoms with Crippen LogP contribution in [0.2, 0.25) is 16.6 Å². The Morgan fingerprint density at radius 3 is 2.09 bits per heavy atom. The minimum atomic E-state index is -2.44. The summed E-state index contributed by atoms with van der Waals surface area (Å²) in [7, 11) is -2.44. The number of rotatable bonds is 10. The fourth-order valence-corrected chi connectivity index (χ4v) is 15.9. The van der Waals surface area contributed by atoms with E-state index >= 15 is 0 Å². The van der Waals surface area contributed by atoms with Gasteiger partial charge < -0.3 is 14.2 Å². The predicted octanol–water partition coefficient (Wildman–Crippen LogP) is 8.86. The van der Waals surface area contributed by atoms with E-state index in [9.17, 15) is 14.4 Å². The summed E-state index contributed by atoms with van der Waals surface area (Å²) in [6.07, 6.45) is 4.71. The van der Waals surface area contributed by atoms with Crippen molar-refractivity contribution in [3.8, 4) is 0 Å². The first-order valence-corrected chi connectivity index (χ1v) is 19.6. The normalized spacial score (nSPS) is 26.0. The van der Waals surface area contributed by atoms with Gasteiger partial charge in [-0.15, -0.1) is 0 Å². The number of esters is 1. The van der Waals surface area contributed by atoms with Crippen LogP contribution in [0, 0.1) is 5.92 Å². The van der Waals surface area contributed by atoms with Gasteiger partial charge in [0, 0.05) is 31.4 Å². The Balaban J connectivity index is 1.77. The molecule has 4 rings (SSSR count). The number of nitrogens with zero attached hydrogens (tertiary/aromatic N) is 1. The molecule has 0 N–H and O–H groups in total. The van der Waals surface area contributed by atoms with Crippen molar-refractivity contribution in [2.45, 2.75) is 160 Å². The molecule has 3 aliphatic rings. The fraction of sp³-hybridized carbons (Fsp3) is 0.703. The molecular formula is C37H57NO6Si. The minimum Gasteiger partial charge on any atom is -0.446 e.